The van der Waals surface area contributed by atoms with Crippen LogP contribution >= 0.6 is 0 Å². The van der Waals surface area contributed by atoms with Crippen LogP contribution in [0.25, 0.3) is 0 Å². The zero-order chi connectivity index (χ0) is 47.2. The number of benzene rings is 3. The monoisotopic (exact) mass is 922 g/mol. The Labute approximate surface area is 401 Å². The summed E-state index contributed by atoms with van der Waals surface area (Å²) >= 11 is 0. The molecule has 3 aliphatic rings. The molecule has 2 amide bonds. The highest BCUT2D eigenvalue weighted by Gasteiger charge is 2.41. The minimum atomic E-state index is -0.531. The zero-order valence-electron chi connectivity index (χ0n) is 40.1. The first kappa shape index (κ1) is 54.3. The number of rotatable bonds is 17. The lowest BCUT2D eigenvalue weighted by Gasteiger charge is -2.34. The molecule has 0 bridgehead atoms. The largest absolute Gasteiger partial charge is 0.469 e. The van der Waals surface area contributed by atoms with Crippen molar-refractivity contribution < 1.29 is 38.2 Å². The van der Waals surface area contributed by atoms with Crippen LogP contribution in [0.5, 0.6) is 0 Å². The number of nitrogens with zero attached hydrogens (tertiary/aromatic N) is 3. The molecule has 67 heavy (non-hydrogen) atoms. The van der Waals surface area contributed by atoms with Crippen molar-refractivity contribution in [3.05, 3.63) is 101 Å². The van der Waals surface area contributed by atoms with Gasteiger partial charge < -0.3 is 24.2 Å². The number of methoxy groups -OCH3 is 2. The van der Waals surface area contributed by atoms with Gasteiger partial charge in [-0.15, -0.1) is 0 Å². The maximum Gasteiger partial charge on any atom is 0.306 e. The summed E-state index contributed by atoms with van der Waals surface area (Å²) in [4.78, 5) is 85.1. The van der Waals surface area contributed by atoms with E-state index in [9.17, 15) is 28.8 Å². The topological polar surface area (TPSA) is 131 Å². The van der Waals surface area contributed by atoms with Crippen molar-refractivity contribution in [3.63, 3.8) is 0 Å². The third-order valence-corrected chi connectivity index (χ3v) is 14.2. The third kappa shape index (κ3) is 12.8. The number of hydrogen-bond donors (Lipinski definition) is 0. The van der Waals surface area contributed by atoms with Crippen molar-refractivity contribution in [2.75, 3.05) is 32.2 Å². The van der Waals surface area contributed by atoms with Gasteiger partial charge in [-0.1, -0.05) is 124 Å². The molecule has 0 radical (unpaired) electrons. The van der Waals surface area contributed by atoms with Gasteiger partial charge in [0.15, 0.2) is 11.6 Å². The van der Waals surface area contributed by atoms with Gasteiger partial charge in [0.25, 0.3) is 0 Å². The molecule has 11 nitrogen and oxygen atoms in total. The van der Waals surface area contributed by atoms with E-state index in [4.69, 9.17) is 9.47 Å². The molecule has 3 aromatic carbocycles. The van der Waals surface area contributed by atoms with Crippen LogP contribution in [-0.4, -0.2) is 84.5 Å². The maximum absolute atomic E-state index is 13.8. The van der Waals surface area contributed by atoms with Gasteiger partial charge >= 0.3 is 11.9 Å². The molecule has 0 unspecified atom stereocenters. The van der Waals surface area contributed by atoms with Gasteiger partial charge in [0.1, 0.15) is 0 Å². The predicted octanol–water partition coefficient (Wildman–Crippen LogP) is 10.2. The summed E-state index contributed by atoms with van der Waals surface area (Å²) in [5, 5.41) is 0. The van der Waals surface area contributed by atoms with Crippen LogP contribution in [0.4, 0.5) is 5.69 Å². The first-order valence-electron chi connectivity index (χ1n) is 23.8. The molecule has 0 aliphatic carbocycles. The van der Waals surface area contributed by atoms with Crippen molar-refractivity contribution >= 4 is 41.0 Å². The first-order valence-corrected chi connectivity index (χ1v) is 23.8. The van der Waals surface area contributed by atoms with Crippen LogP contribution in [0.1, 0.15) is 155 Å². The minimum Gasteiger partial charge on any atom is -0.469 e. The van der Waals surface area contributed by atoms with Crippen molar-refractivity contribution in [3.8, 4) is 0 Å². The van der Waals surface area contributed by atoms with Crippen molar-refractivity contribution in [1.82, 2.24) is 9.80 Å². The summed E-state index contributed by atoms with van der Waals surface area (Å²) in [7, 11) is 2.65. The van der Waals surface area contributed by atoms with E-state index >= 15 is 0 Å². The van der Waals surface area contributed by atoms with Gasteiger partial charge in [-0.25, -0.2) is 0 Å². The molecule has 0 aromatic heterocycles. The second-order valence-corrected chi connectivity index (χ2v) is 20.2. The summed E-state index contributed by atoms with van der Waals surface area (Å²) in [5.74, 6) is -2.31. The van der Waals surface area contributed by atoms with Crippen LogP contribution in [0, 0.1) is 23.7 Å². The van der Waals surface area contributed by atoms with Crippen molar-refractivity contribution in [2.24, 2.45) is 23.7 Å². The first-order chi connectivity index (χ1) is 30.9. The fraction of sp³-hybridized carbons (Fsp3) is 0.571. The lowest BCUT2D eigenvalue weighted by molar-refractivity contribution is -0.149. The minimum absolute atomic E-state index is 0. The molecule has 3 aliphatic heterocycles. The Hall–Kier alpha value is -5.32. The highest BCUT2D eigenvalue weighted by Crippen LogP contribution is 2.47. The summed E-state index contributed by atoms with van der Waals surface area (Å²) in [6, 6.07) is 24.8. The zero-order valence-corrected chi connectivity index (χ0v) is 40.1. The number of carbonyl (C=O) groups is 6. The molecule has 3 fully saturated rings. The number of hydrogen-bond acceptors (Lipinski definition) is 9. The summed E-state index contributed by atoms with van der Waals surface area (Å²) in [6.45, 7) is 15.4. The Morgan fingerprint density at radius 3 is 1.27 bits per heavy atom. The second-order valence-electron chi connectivity index (χ2n) is 20.2. The van der Waals surface area contributed by atoms with E-state index < -0.39 is 35.9 Å². The fourth-order valence-corrected chi connectivity index (χ4v) is 10.2. The van der Waals surface area contributed by atoms with Gasteiger partial charge in [-0.05, 0) is 95.7 Å². The molecule has 0 spiro atoms. The van der Waals surface area contributed by atoms with E-state index in [-0.39, 0.29) is 93.3 Å². The quantitative estimate of drug-likeness (QED) is 0.121. The standard InChI is InChI=1S/C54H71N3O8.2CH4/c1-34(2)42(32-50(60)64-8)52(62)55-28-10-12-46(55)48(58)30-36-14-18-38(19-15-36)44-26-27-45(57(44)41-24-22-40(23-25-41)54(5,6)7)39-20-16-37(17-21-39)31-49(59)47-13-11-29-56(47)53(63)43(35(3)4)33-51(61)65-9;;/h14-25,34-35,42-47H,10-13,26-33H2,1-9H3;2*1H4/t42-,43-,44-,45-,46-,47-;;/m0../s1. The number of amides is 2. The number of ketones is 2. The number of ether oxygens (including phenoxy) is 2. The Morgan fingerprint density at radius 2 is 0.940 bits per heavy atom. The fourth-order valence-electron chi connectivity index (χ4n) is 10.2. The summed E-state index contributed by atoms with van der Waals surface area (Å²) in [5.41, 5.74) is 6.51. The molecule has 6 atom stereocenters. The smallest absolute Gasteiger partial charge is 0.306 e. The second kappa shape index (κ2) is 23.6. The Bertz CT molecular complexity index is 2030. The van der Waals surface area contributed by atoms with E-state index in [2.05, 4.69) is 74.2 Å². The average molecular weight is 922 g/mol. The van der Waals surface area contributed by atoms with Crippen LogP contribution in [0.15, 0.2) is 72.8 Å². The van der Waals surface area contributed by atoms with Gasteiger partial charge in [0.2, 0.25) is 11.8 Å². The highest BCUT2D eigenvalue weighted by molar-refractivity contribution is 5.93. The number of carbonyl (C=O) groups excluding carboxylic acids is 6. The van der Waals surface area contributed by atoms with Crippen LogP contribution in [0.2, 0.25) is 0 Å². The molecular formula is C56H79N3O8. The molecule has 3 heterocycles. The Morgan fingerprint density at radius 1 is 0.567 bits per heavy atom. The van der Waals surface area contributed by atoms with Gasteiger partial charge in [-0.3, -0.25) is 28.8 Å². The molecule has 6 rings (SSSR count). The van der Waals surface area contributed by atoms with E-state index in [0.29, 0.717) is 25.9 Å². The van der Waals surface area contributed by atoms with Gasteiger partial charge in [0.05, 0.1) is 63.1 Å². The molecule has 11 heteroatoms. The summed E-state index contributed by atoms with van der Waals surface area (Å²) < 4.78 is 9.74. The van der Waals surface area contributed by atoms with E-state index in [1.165, 1.54) is 19.8 Å². The van der Waals surface area contributed by atoms with Crippen molar-refractivity contribution in [2.45, 2.75) is 157 Å². The molecule has 366 valence electrons. The lowest BCUT2D eigenvalue weighted by Crippen LogP contribution is -2.45. The SMILES string of the molecule is C.C.COC(=O)C[C@H](C(=O)N1CCC[C@H]1C(=O)Cc1ccc([C@@H]2CC[C@@H](c3ccc(CC(=O)[C@@H]4CCCN4C(=O)[C@@H](CC(=O)OC)C(C)C)cc3)N2c2ccc(C(C)(C)C)cc2)cc1)C(C)C. The number of likely N-dealkylation sites (tertiary alicyclic amines) is 2. The van der Waals surface area contributed by atoms with Gasteiger partial charge in [0, 0.05) is 31.6 Å². The molecule has 3 aromatic rings. The normalized spacial score (nSPS) is 20.3. The summed E-state index contributed by atoms with van der Waals surface area (Å²) in [6.07, 6.45) is 5.04. The van der Waals surface area contributed by atoms with Crippen LogP contribution < -0.4 is 4.90 Å². The van der Waals surface area contributed by atoms with Crippen molar-refractivity contribution in [1.29, 1.82) is 0 Å². The number of anilines is 1. The Balaban J connectivity index is 0.00000490. The molecular weight excluding hydrogens is 843 g/mol. The van der Waals surface area contributed by atoms with E-state index in [0.717, 1.165) is 53.6 Å². The van der Waals surface area contributed by atoms with E-state index in [1.807, 2.05) is 52.0 Å². The maximum atomic E-state index is 13.8. The average Bonchev–Trinajstić information content (AvgIpc) is 4.08. The van der Waals surface area contributed by atoms with Crippen LogP contribution in [0.3, 0.4) is 0 Å². The predicted molar refractivity (Wildman–Crippen MR) is 265 cm³/mol. The lowest BCUT2D eigenvalue weighted by atomic mass is 9.87. The number of Topliss-reactive ketones (excluding diaryl/α,β-unsaturated/α-hetero) is 2. The third-order valence-electron chi connectivity index (χ3n) is 14.2. The molecule has 0 N–H and O–H groups in total. The van der Waals surface area contributed by atoms with E-state index in [1.54, 1.807) is 9.80 Å². The number of esters is 2. The molecule has 0 saturated carbocycles. The van der Waals surface area contributed by atoms with Crippen LogP contribution in [-0.2, 0) is 56.5 Å². The Kier molecular flexibility index (Phi) is 19.1. The highest BCUT2D eigenvalue weighted by atomic mass is 16.5. The van der Waals surface area contributed by atoms with Gasteiger partial charge in [-0.2, -0.15) is 0 Å². The molecule has 3 saturated heterocycles.